The number of halogens is 1. The minimum Gasteiger partial charge on any atom is -0.215 e. The largest absolute Gasteiger partial charge is 0.261 e. The van der Waals surface area contributed by atoms with Crippen molar-refractivity contribution >= 4 is 29.8 Å². The van der Waals surface area contributed by atoms with Crippen molar-refractivity contribution in [2.45, 2.75) is 18.2 Å². The van der Waals surface area contributed by atoms with Gasteiger partial charge in [0.05, 0.1) is 10.6 Å². The Morgan fingerprint density at radius 1 is 1.11 bits per heavy atom. The third kappa shape index (κ3) is 4.93. The molecule has 18 heavy (non-hydrogen) atoms. The molecule has 0 aliphatic heterocycles. The first-order chi connectivity index (χ1) is 8.24. The van der Waals surface area contributed by atoms with Crippen LogP contribution in [0.4, 0.5) is 0 Å². The molecule has 1 aromatic carbocycles. The van der Waals surface area contributed by atoms with Gasteiger partial charge < -0.3 is 0 Å². The second-order valence-electron chi connectivity index (χ2n) is 3.63. The molecule has 0 radical (unpaired) electrons. The van der Waals surface area contributed by atoms with Crippen molar-refractivity contribution in [3.63, 3.8) is 0 Å². The number of sulfonamides is 1. The molecule has 0 amide bonds. The van der Waals surface area contributed by atoms with E-state index in [1.165, 1.54) is 12.1 Å². The summed E-state index contributed by atoms with van der Waals surface area (Å²) in [5, 5.41) is 0. The van der Waals surface area contributed by atoms with E-state index in [0.29, 0.717) is 6.42 Å². The molecule has 0 aliphatic carbocycles. The van der Waals surface area contributed by atoms with E-state index >= 15 is 0 Å². The van der Waals surface area contributed by atoms with Gasteiger partial charge in [-0.2, -0.15) is 0 Å². The van der Waals surface area contributed by atoms with Gasteiger partial charge in [-0.25, -0.2) is 21.6 Å². The maximum atomic E-state index is 11.2. The topological polar surface area (TPSA) is 80.3 Å². The lowest BCUT2D eigenvalue weighted by molar-refractivity contribution is 0.583. The van der Waals surface area contributed by atoms with Crippen LogP contribution < -0.4 is 4.72 Å². The van der Waals surface area contributed by atoms with E-state index in [9.17, 15) is 16.8 Å². The summed E-state index contributed by atoms with van der Waals surface area (Å²) in [5.41, 5.74) is 0.831. The van der Waals surface area contributed by atoms with Crippen LogP contribution in [0.2, 0.25) is 0 Å². The fraction of sp³-hybridized carbons (Fsp3) is 0.400. The summed E-state index contributed by atoms with van der Waals surface area (Å²) in [6.07, 6.45) is 0.488. The molecular weight excluding hydrogens is 298 g/mol. The number of nitrogens with one attached hydrogen (secondary N) is 1. The lowest BCUT2D eigenvalue weighted by Gasteiger charge is -2.05. The van der Waals surface area contributed by atoms with Crippen molar-refractivity contribution in [2.24, 2.45) is 0 Å². The maximum Gasteiger partial charge on any atom is 0.261 e. The minimum atomic E-state index is -3.71. The number of hydrogen-bond donors (Lipinski definition) is 1. The van der Waals surface area contributed by atoms with Crippen molar-refractivity contribution in [3.05, 3.63) is 29.8 Å². The molecular formula is C10H14ClNO4S2. The smallest absolute Gasteiger partial charge is 0.215 e. The first kappa shape index (κ1) is 15.4. The Kier molecular flexibility index (Phi) is 5.15. The number of benzene rings is 1. The van der Waals surface area contributed by atoms with E-state index in [-0.39, 0.29) is 17.2 Å². The van der Waals surface area contributed by atoms with Gasteiger partial charge in [0.2, 0.25) is 10.0 Å². The third-order valence-corrected chi connectivity index (χ3v) is 5.09. The molecule has 0 bridgehead atoms. The quantitative estimate of drug-likeness (QED) is 0.798. The molecule has 0 atom stereocenters. The Morgan fingerprint density at radius 3 is 2.11 bits per heavy atom. The van der Waals surface area contributed by atoms with E-state index in [4.69, 9.17) is 10.7 Å². The van der Waals surface area contributed by atoms with Crippen LogP contribution in [0.1, 0.15) is 12.5 Å². The summed E-state index contributed by atoms with van der Waals surface area (Å²) in [5.74, 6) is 0.0381. The first-order valence-corrected chi connectivity index (χ1v) is 9.22. The summed E-state index contributed by atoms with van der Waals surface area (Å²) in [6.45, 7) is 1.84. The van der Waals surface area contributed by atoms with Crippen molar-refractivity contribution in [1.29, 1.82) is 0 Å². The summed E-state index contributed by atoms with van der Waals surface area (Å²) in [6, 6.07) is 6.00. The van der Waals surface area contributed by atoms with Gasteiger partial charge in [0.1, 0.15) is 0 Å². The summed E-state index contributed by atoms with van der Waals surface area (Å²) >= 11 is 0. The zero-order valence-corrected chi connectivity index (χ0v) is 12.1. The van der Waals surface area contributed by atoms with E-state index in [0.717, 1.165) is 5.56 Å². The molecule has 1 aromatic rings. The molecule has 0 saturated carbocycles. The van der Waals surface area contributed by atoms with Crippen LogP contribution >= 0.6 is 10.7 Å². The highest BCUT2D eigenvalue weighted by Crippen LogP contribution is 2.15. The SMILES string of the molecule is CCS(=O)(=O)NCCc1ccc(S(=O)(=O)Cl)cc1. The molecule has 0 aromatic heterocycles. The van der Waals surface area contributed by atoms with Gasteiger partial charge in [0, 0.05) is 17.2 Å². The van der Waals surface area contributed by atoms with Gasteiger partial charge in [0.15, 0.2) is 0 Å². The van der Waals surface area contributed by atoms with Crippen LogP contribution in [-0.2, 0) is 25.5 Å². The van der Waals surface area contributed by atoms with Crippen molar-refractivity contribution < 1.29 is 16.8 Å². The van der Waals surface area contributed by atoms with Gasteiger partial charge in [-0.15, -0.1) is 0 Å². The Bertz CT molecular complexity index is 593. The van der Waals surface area contributed by atoms with Crippen LogP contribution in [0.15, 0.2) is 29.2 Å². The zero-order valence-electron chi connectivity index (χ0n) is 9.76. The maximum absolute atomic E-state index is 11.2. The predicted molar refractivity (Wildman–Crippen MR) is 70.6 cm³/mol. The Morgan fingerprint density at radius 2 is 1.67 bits per heavy atom. The number of rotatable bonds is 6. The molecule has 1 N–H and O–H groups in total. The average Bonchev–Trinajstić information content (AvgIpc) is 2.28. The van der Waals surface area contributed by atoms with E-state index in [2.05, 4.69) is 4.72 Å². The standard InChI is InChI=1S/C10H14ClNO4S2/c1-2-17(13,14)12-8-7-9-3-5-10(6-4-9)18(11,15)16/h3-6,12H,2,7-8H2,1H3. The molecule has 8 heteroatoms. The van der Waals surface area contributed by atoms with E-state index in [1.807, 2.05) is 0 Å². The van der Waals surface area contributed by atoms with Gasteiger partial charge >= 0.3 is 0 Å². The highest BCUT2D eigenvalue weighted by atomic mass is 35.7. The molecule has 0 saturated heterocycles. The Balaban J connectivity index is 2.61. The Labute approximate surface area is 112 Å². The normalized spacial score (nSPS) is 12.6. The average molecular weight is 312 g/mol. The predicted octanol–water partition coefficient (Wildman–Crippen LogP) is 1.10. The van der Waals surface area contributed by atoms with Crippen molar-refractivity contribution in [2.75, 3.05) is 12.3 Å². The van der Waals surface area contributed by atoms with E-state index < -0.39 is 19.1 Å². The summed E-state index contributed by atoms with van der Waals surface area (Å²) in [4.78, 5) is 0.0297. The van der Waals surface area contributed by atoms with E-state index in [1.54, 1.807) is 19.1 Å². The number of hydrogen-bond acceptors (Lipinski definition) is 4. The third-order valence-electron chi connectivity index (χ3n) is 2.32. The highest BCUT2D eigenvalue weighted by molar-refractivity contribution is 8.13. The second-order valence-corrected chi connectivity index (χ2v) is 8.29. The van der Waals surface area contributed by atoms with Gasteiger partial charge in [0.25, 0.3) is 9.05 Å². The van der Waals surface area contributed by atoms with Crippen molar-refractivity contribution in [3.8, 4) is 0 Å². The molecule has 0 fully saturated rings. The molecule has 0 unspecified atom stereocenters. The highest BCUT2D eigenvalue weighted by Gasteiger charge is 2.09. The zero-order chi connectivity index (χ0) is 13.8. The molecule has 5 nitrogen and oxygen atoms in total. The van der Waals surface area contributed by atoms with Crippen LogP contribution in [0, 0.1) is 0 Å². The lowest BCUT2D eigenvalue weighted by atomic mass is 10.2. The molecule has 0 spiro atoms. The fourth-order valence-electron chi connectivity index (χ4n) is 1.27. The van der Waals surface area contributed by atoms with Gasteiger partial charge in [-0.3, -0.25) is 0 Å². The lowest BCUT2D eigenvalue weighted by Crippen LogP contribution is -2.27. The van der Waals surface area contributed by atoms with Crippen LogP contribution in [0.5, 0.6) is 0 Å². The monoisotopic (exact) mass is 311 g/mol. The minimum absolute atomic E-state index is 0.0297. The van der Waals surface area contributed by atoms with Gasteiger partial charge in [-0.05, 0) is 31.0 Å². The molecule has 0 heterocycles. The van der Waals surface area contributed by atoms with Crippen molar-refractivity contribution in [1.82, 2.24) is 4.72 Å². The van der Waals surface area contributed by atoms with Gasteiger partial charge in [-0.1, -0.05) is 12.1 Å². The summed E-state index contributed by atoms with van der Waals surface area (Å²) in [7, 11) is -1.72. The van der Waals surface area contributed by atoms with Crippen LogP contribution in [0.25, 0.3) is 0 Å². The molecule has 102 valence electrons. The fourth-order valence-corrected chi connectivity index (χ4v) is 2.66. The molecule has 0 aliphatic rings. The van der Waals surface area contributed by atoms with Crippen LogP contribution in [-0.4, -0.2) is 29.1 Å². The Hall–Kier alpha value is -0.630. The molecule has 1 rings (SSSR count). The summed E-state index contributed by atoms with van der Waals surface area (Å²) < 4.78 is 46.8. The second kappa shape index (κ2) is 6.01. The first-order valence-electron chi connectivity index (χ1n) is 5.25. The van der Waals surface area contributed by atoms with Crippen LogP contribution in [0.3, 0.4) is 0 Å².